The molecule has 2 atom stereocenters. The third-order valence-electron chi connectivity index (χ3n) is 5.19. The summed E-state index contributed by atoms with van der Waals surface area (Å²) in [5.74, 6) is -2.63. The number of carboxylic acid groups (broad SMARTS) is 1. The number of aliphatic carboxylic acids is 1. The number of rotatable bonds is 5. The Morgan fingerprint density at radius 1 is 0.923 bits per heavy atom. The molecule has 0 spiro atoms. The van der Waals surface area contributed by atoms with Crippen molar-refractivity contribution >= 4 is 23.5 Å². The van der Waals surface area contributed by atoms with Crippen LogP contribution in [-0.4, -0.2) is 28.9 Å². The van der Waals surface area contributed by atoms with E-state index in [-0.39, 0.29) is 17.9 Å². The summed E-state index contributed by atoms with van der Waals surface area (Å²) in [4.78, 5) is 36.0. The quantitative estimate of drug-likeness (QED) is 0.707. The number of carbonyl (C=O) groups is 3. The van der Waals surface area contributed by atoms with Crippen LogP contribution in [0.3, 0.4) is 0 Å². The number of benzene rings is 1. The summed E-state index contributed by atoms with van der Waals surface area (Å²) in [7, 11) is 0. The van der Waals surface area contributed by atoms with Crippen molar-refractivity contribution in [1.82, 2.24) is 5.32 Å². The fourth-order valence-electron chi connectivity index (χ4n) is 3.66. The molecule has 0 bridgehead atoms. The second kappa shape index (κ2) is 8.17. The summed E-state index contributed by atoms with van der Waals surface area (Å²) in [5.41, 5.74) is 1.12. The molecule has 0 unspecified atom stereocenters. The maximum atomic E-state index is 12.4. The third-order valence-corrected chi connectivity index (χ3v) is 5.19. The standard InChI is InChI=1S/C20H24N2O4/c23-18(21-14-5-1-2-6-14)13-9-11-15(12-10-13)22-19(24)16-7-3-4-8-17(16)20(25)26/h3-4,9-12,14,16-17H,1-2,5-8H2,(H,21,23)(H,22,24)(H,25,26)/t16-,17-/m1/s1. The van der Waals surface area contributed by atoms with E-state index in [4.69, 9.17) is 0 Å². The normalized spacial score (nSPS) is 22.8. The molecule has 0 saturated heterocycles. The van der Waals surface area contributed by atoms with E-state index in [1.54, 1.807) is 30.3 Å². The number of hydrogen-bond donors (Lipinski definition) is 3. The van der Waals surface area contributed by atoms with Gasteiger partial charge in [-0.25, -0.2) is 0 Å². The van der Waals surface area contributed by atoms with Gasteiger partial charge in [0, 0.05) is 17.3 Å². The number of anilines is 1. The van der Waals surface area contributed by atoms with Crippen LogP contribution in [0.2, 0.25) is 0 Å². The van der Waals surface area contributed by atoms with E-state index in [1.165, 1.54) is 0 Å². The maximum Gasteiger partial charge on any atom is 0.307 e. The topological polar surface area (TPSA) is 95.5 Å². The Bertz CT molecular complexity index is 705. The lowest BCUT2D eigenvalue weighted by Crippen LogP contribution is -2.34. The zero-order chi connectivity index (χ0) is 18.5. The largest absolute Gasteiger partial charge is 0.481 e. The molecule has 1 fully saturated rings. The van der Waals surface area contributed by atoms with E-state index in [9.17, 15) is 19.5 Å². The predicted octanol–water partition coefficient (Wildman–Crippen LogP) is 2.96. The molecule has 1 aromatic rings. The van der Waals surface area contributed by atoms with Crippen molar-refractivity contribution in [2.75, 3.05) is 5.32 Å². The van der Waals surface area contributed by atoms with Gasteiger partial charge in [0.25, 0.3) is 5.91 Å². The van der Waals surface area contributed by atoms with Crippen molar-refractivity contribution in [1.29, 1.82) is 0 Å². The highest BCUT2D eigenvalue weighted by atomic mass is 16.4. The Hall–Kier alpha value is -2.63. The minimum atomic E-state index is -0.951. The minimum Gasteiger partial charge on any atom is -0.481 e. The van der Waals surface area contributed by atoms with E-state index in [1.807, 2.05) is 6.08 Å². The zero-order valence-corrected chi connectivity index (χ0v) is 14.6. The molecular weight excluding hydrogens is 332 g/mol. The second-order valence-corrected chi connectivity index (χ2v) is 7.02. The van der Waals surface area contributed by atoms with Crippen LogP contribution < -0.4 is 10.6 Å². The van der Waals surface area contributed by atoms with Crippen molar-refractivity contribution in [3.63, 3.8) is 0 Å². The highest BCUT2D eigenvalue weighted by Crippen LogP contribution is 2.27. The van der Waals surface area contributed by atoms with Crippen LogP contribution in [-0.2, 0) is 9.59 Å². The van der Waals surface area contributed by atoms with E-state index in [0.717, 1.165) is 25.7 Å². The average molecular weight is 356 g/mol. The van der Waals surface area contributed by atoms with Gasteiger partial charge in [-0.2, -0.15) is 0 Å². The monoisotopic (exact) mass is 356 g/mol. The first-order chi connectivity index (χ1) is 12.5. The Morgan fingerprint density at radius 2 is 1.54 bits per heavy atom. The smallest absolute Gasteiger partial charge is 0.307 e. The van der Waals surface area contributed by atoms with Crippen LogP contribution in [0.15, 0.2) is 36.4 Å². The number of carbonyl (C=O) groups excluding carboxylic acids is 2. The van der Waals surface area contributed by atoms with Crippen molar-refractivity contribution in [2.45, 2.75) is 44.6 Å². The van der Waals surface area contributed by atoms with Gasteiger partial charge in [-0.1, -0.05) is 25.0 Å². The molecule has 3 rings (SSSR count). The molecule has 2 amide bonds. The van der Waals surface area contributed by atoms with Gasteiger partial charge in [0.05, 0.1) is 11.8 Å². The summed E-state index contributed by atoms with van der Waals surface area (Å²) in [6.45, 7) is 0. The lowest BCUT2D eigenvalue weighted by Gasteiger charge is -2.24. The Morgan fingerprint density at radius 3 is 2.15 bits per heavy atom. The van der Waals surface area contributed by atoms with Gasteiger partial charge in [0.15, 0.2) is 0 Å². The Balaban J connectivity index is 1.59. The first-order valence-electron chi connectivity index (χ1n) is 9.14. The number of amides is 2. The lowest BCUT2D eigenvalue weighted by molar-refractivity contribution is -0.146. The molecule has 0 radical (unpaired) electrons. The summed E-state index contributed by atoms with van der Waals surface area (Å²) < 4.78 is 0. The second-order valence-electron chi connectivity index (χ2n) is 7.02. The molecule has 2 aliphatic rings. The van der Waals surface area contributed by atoms with Crippen LogP contribution in [0, 0.1) is 11.8 Å². The molecule has 1 aromatic carbocycles. The molecule has 1 saturated carbocycles. The van der Waals surface area contributed by atoms with Crippen LogP contribution >= 0.6 is 0 Å². The van der Waals surface area contributed by atoms with Gasteiger partial charge >= 0.3 is 5.97 Å². The first kappa shape index (κ1) is 18.2. The fourth-order valence-corrected chi connectivity index (χ4v) is 3.66. The maximum absolute atomic E-state index is 12.4. The van der Waals surface area contributed by atoms with Crippen LogP contribution in [0.5, 0.6) is 0 Å². The van der Waals surface area contributed by atoms with E-state index in [2.05, 4.69) is 10.6 Å². The Kier molecular flexibility index (Phi) is 5.71. The van der Waals surface area contributed by atoms with Crippen molar-refractivity contribution in [2.24, 2.45) is 11.8 Å². The van der Waals surface area contributed by atoms with Gasteiger partial charge in [-0.05, 0) is 49.9 Å². The van der Waals surface area contributed by atoms with E-state index >= 15 is 0 Å². The lowest BCUT2D eigenvalue weighted by atomic mass is 9.82. The van der Waals surface area contributed by atoms with Gasteiger partial charge in [0.2, 0.25) is 5.91 Å². The van der Waals surface area contributed by atoms with E-state index < -0.39 is 17.8 Å². The van der Waals surface area contributed by atoms with Crippen molar-refractivity contribution in [3.8, 4) is 0 Å². The van der Waals surface area contributed by atoms with Crippen LogP contribution in [0.4, 0.5) is 5.69 Å². The predicted molar refractivity (Wildman–Crippen MR) is 97.8 cm³/mol. The summed E-state index contributed by atoms with van der Waals surface area (Å²) in [5, 5.41) is 15.1. The number of carboxylic acids is 1. The molecule has 26 heavy (non-hydrogen) atoms. The molecule has 0 aliphatic heterocycles. The fraction of sp³-hybridized carbons (Fsp3) is 0.450. The molecular formula is C20H24N2O4. The summed E-state index contributed by atoms with van der Waals surface area (Å²) >= 11 is 0. The third kappa shape index (κ3) is 4.31. The summed E-state index contributed by atoms with van der Waals surface area (Å²) in [6, 6.07) is 6.96. The van der Waals surface area contributed by atoms with Crippen molar-refractivity contribution in [3.05, 3.63) is 42.0 Å². The minimum absolute atomic E-state index is 0.0989. The van der Waals surface area contributed by atoms with Crippen LogP contribution in [0.1, 0.15) is 48.9 Å². The SMILES string of the molecule is O=C(NC1CCCC1)c1ccc(NC(=O)[C@@H]2CC=CC[C@H]2C(=O)O)cc1. The molecule has 6 nitrogen and oxygen atoms in total. The number of allylic oxidation sites excluding steroid dienone is 2. The summed E-state index contributed by atoms with van der Waals surface area (Å²) in [6.07, 6.45) is 8.81. The first-order valence-corrected chi connectivity index (χ1v) is 9.14. The molecule has 3 N–H and O–H groups in total. The molecule has 138 valence electrons. The highest BCUT2D eigenvalue weighted by molar-refractivity contribution is 5.97. The van der Waals surface area contributed by atoms with Gasteiger partial charge in [-0.15, -0.1) is 0 Å². The highest BCUT2D eigenvalue weighted by Gasteiger charge is 2.33. The van der Waals surface area contributed by atoms with Gasteiger partial charge in [0.1, 0.15) is 0 Å². The van der Waals surface area contributed by atoms with E-state index in [0.29, 0.717) is 24.1 Å². The number of hydrogen-bond acceptors (Lipinski definition) is 3. The van der Waals surface area contributed by atoms with Gasteiger partial charge in [-0.3, -0.25) is 14.4 Å². The molecule has 0 heterocycles. The van der Waals surface area contributed by atoms with Crippen molar-refractivity contribution < 1.29 is 19.5 Å². The molecule has 6 heteroatoms. The Labute approximate surface area is 152 Å². The molecule has 2 aliphatic carbocycles. The average Bonchev–Trinajstić information content (AvgIpc) is 3.15. The molecule has 0 aromatic heterocycles. The zero-order valence-electron chi connectivity index (χ0n) is 14.6. The van der Waals surface area contributed by atoms with Crippen LogP contribution in [0.25, 0.3) is 0 Å². The number of nitrogens with one attached hydrogen (secondary N) is 2. The van der Waals surface area contributed by atoms with Gasteiger partial charge < -0.3 is 15.7 Å².